The maximum Gasteiger partial charge on any atom is 0.251 e. The maximum absolute atomic E-state index is 12.2. The number of carbonyl (C=O) groups excluding carboxylic acids is 1. The van der Waals surface area contributed by atoms with Crippen LogP contribution in [0.25, 0.3) is 5.65 Å². The Morgan fingerprint density at radius 2 is 1.79 bits per heavy atom. The summed E-state index contributed by atoms with van der Waals surface area (Å²) < 4.78 is 2.82. The molecule has 4 rings (SSSR count). The van der Waals surface area contributed by atoms with Gasteiger partial charge in [-0.3, -0.25) is 4.79 Å². The standard InChI is InChI=1S/C21H18BrN5OS/c22-17-8-6-15(7-9-17)14-29-20-11-10-18-24-25-19(27(18)26-20)12-13-23-21(28)16-4-2-1-3-5-16/h1-11H,12-14H2,(H,23,28). The van der Waals surface area contributed by atoms with E-state index < -0.39 is 0 Å². The zero-order chi connectivity index (χ0) is 20.1. The lowest BCUT2D eigenvalue weighted by Gasteiger charge is -2.05. The van der Waals surface area contributed by atoms with Crippen LogP contribution in [0.3, 0.4) is 0 Å². The van der Waals surface area contributed by atoms with Gasteiger partial charge in [0.2, 0.25) is 0 Å². The summed E-state index contributed by atoms with van der Waals surface area (Å²) in [6.07, 6.45) is 0.549. The fourth-order valence-electron chi connectivity index (χ4n) is 2.77. The highest BCUT2D eigenvalue weighted by Gasteiger charge is 2.10. The minimum Gasteiger partial charge on any atom is -0.352 e. The molecule has 4 aromatic rings. The van der Waals surface area contributed by atoms with Crippen LogP contribution in [-0.4, -0.2) is 32.3 Å². The first-order valence-corrected chi connectivity index (χ1v) is 10.9. The van der Waals surface area contributed by atoms with E-state index >= 15 is 0 Å². The van der Waals surface area contributed by atoms with Crippen LogP contribution in [0.1, 0.15) is 21.7 Å². The van der Waals surface area contributed by atoms with Crippen molar-refractivity contribution in [1.82, 2.24) is 25.1 Å². The van der Waals surface area contributed by atoms with E-state index in [1.165, 1.54) is 5.56 Å². The molecule has 0 unspecified atom stereocenters. The third kappa shape index (κ3) is 5.02. The van der Waals surface area contributed by atoms with Gasteiger partial charge in [0, 0.05) is 28.8 Å². The monoisotopic (exact) mass is 467 g/mol. The average Bonchev–Trinajstić information content (AvgIpc) is 3.16. The van der Waals surface area contributed by atoms with Crippen molar-refractivity contribution in [1.29, 1.82) is 0 Å². The summed E-state index contributed by atoms with van der Waals surface area (Å²) in [5.41, 5.74) is 2.57. The van der Waals surface area contributed by atoms with E-state index in [0.29, 0.717) is 24.2 Å². The summed E-state index contributed by atoms with van der Waals surface area (Å²) in [6.45, 7) is 0.465. The van der Waals surface area contributed by atoms with Crippen LogP contribution in [0, 0.1) is 0 Å². The zero-order valence-electron chi connectivity index (χ0n) is 15.5. The molecule has 0 saturated heterocycles. The molecule has 0 aliphatic rings. The predicted octanol–water partition coefficient (Wildman–Crippen LogP) is 4.15. The molecular weight excluding hydrogens is 450 g/mol. The summed E-state index contributed by atoms with van der Waals surface area (Å²) in [4.78, 5) is 12.2. The van der Waals surface area contributed by atoms with Crippen molar-refractivity contribution in [3.05, 3.63) is 88.2 Å². The Labute approximate surface area is 180 Å². The number of thioether (sulfide) groups is 1. The number of benzene rings is 2. The van der Waals surface area contributed by atoms with Crippen molar-refractivity contribution in [2.45, 2.75) is 17.2 Å². The molecule has 0 fully saturated rings. The zero-order valence-corrected chi connectivity index (χ0v) is 17.9. The largest absolute Gasteiger partial charge is 0.352 e. The first-order valence-electron chi connectivity index (χ1n) is 9.11. The van der Waals surface area contributed by atoms with Gasteiger partial charge in [0.05, 0.1) is 0 Å². The van der Waals surface area contributed by atoms with E-state index in [1.807, 2.05) is 42.5 Å². The lowest BCUT2D eigenvalue weighted by Crippen LogP contribution is -2.26. The molecule has 0 atom stereocenters. The van der Waals surface area contributed by atoms with Gasteiger partial charge >= 0.3 is 0 Å². The number of nitrogens with zero attached hydrogens (tertiary/aromatic N) is 4. The smallest absolute Gasteiger partial charge is 0.251 e. The highest BCUT2D eigenvalue weighted by Crippen LogP contribution is 2.22. The predicted molar refractivity (Wildman–Crippen MR) is 117 cm³/mol. The lowest BCUT2D eigenvalue weighted by molar-refractivity contribution is 0.0954. The van der Waals surface area contributed by atoms with E-state index in [4.69, 9.17) is 0 Å². The topological polar surface area (TPSA) is 72.2 Å². The molecule has 0 aliphatic heterocycles. The summed E-state index contributed by atoms with van der Waals surface area (Å²) in [5.74, 6) is 1.45. The van der Waals surface area contributed by atoms with Crippen LogP contribution in [0.4, 0.5) is 0 Å². The summed E-state index contributed by atoms with van der Waals surface area (Å²) in [6, 6.07) is 21.3. The number of halogens is 1. The van der Waals surface area contributed by atoms with Crippen LogP contribution in [0.2, 0.25) is 0 Å². The normalized spacial score (nSPS) is 10.9. The highest BCUT2D eigenvalue weighted by atomic mass is 79.9. The Bertz CT molecular complexity index is 1120. The number of fused-ring (bicyclic) bond motifs is 1. The number of hydrogen-bond acceptors (Lipinski definition) is 5. The van der Waals surface area contributed by atoms with Crippen LogP contribution >= 0.6 is 27.7 Å². The molecule has 29 heavy (non-hydrogen) atoms. The molecule has 0 aliphatic carbocycles. The second-order valence-electron chi connectivity index (χ2n) is 6.34. The van der Waals surface area contributed by atoms with Crippen molar-refractivity contribution in [3.63, 3.8) is 0 Å². The SMILES string of the molecule is O=C(NCCc1nnc2ccc(SCc3ccc(Br)cc3)nn12)c1ccccc1. The number of nitrogens with one attached hydrogen (secondary N) is 1. The van der Waals surface area contributed by atoms with Gasteiger partial charge in [0.25, 0.3) is 5.91 Å². The van der Waals surface area contributed by atoms with Crippen LogP contribution in [0.5, 0.6) is 0 Å². The van der Waals surface area contributed by atoms with E-state index in [1.54, 1.807) is 28.4 Å². The molecular formula is C21H18BrN5OS. The molecule has 2 aromatic carbocycles. The molecule has 2 heterocycles. The molecule has 8 heteroatoms. The Balaban J connectivity index is 1.39. The number of carbonyl (C=O) groups is 1. The number of amides is 1. The van der Waals surface area contributed by atoms with Gasteiger partial charge < -0.3 is 5.32 Å². The Morgan fingerprint density at radius 3 is 2.59 bits per heavy atom. The summed E-state index contributed by atoms with van der Waals surface area (Å²) >= 11 is 5.11. The van der Waals surface area contributed by atoms with Gasteiger partial charge in [-0.05, 0) is 42.0 Å². The van der Waals surface area contributed by atoms with Crippen LogP contribution < -0.4 is 5.32 Å². The third-order valence-electron chi connectivity index (χ3n) is 4.27. The molecule has 2 aromatic heterocycles. The van der Waals surface area contributed by atoms with Gasteiger partial charge in [-0.1, -0.05) is 58.0 Å². The third-order valence-corrected chi connectivity index (χ3v) is 5.79. The molecule has 0 saturated carbocycles. The van der Waals surface area contributed by atoms with Gasteiger partial charge in [0.1, 0.15) is 5.03 Å². The van der Waals surface area contributed by atoms with Crippen molar-refractivity contribution in [2.24, 2.45) is 0 Å². The van der Waals surface area contributed by atoms with Crippen molar-refractivity contribution < 1.29 is 4.79 Å². The van der Waals surface area contributed by atoms with Crippen molar-refractivity contribution in [3.8, 4) is 0 Å². The number of hydrogen-bond donors (Lipinski definition) is 1. The summed E-state index contributed by atoms with van der Waals surface area (Å²) in [5, 5.41) is 16.9. The fraction of sp³-hybridized carbons (Fsp3) is 0.143. The van der Waals surface area contributed by atoms with E-state index in [-0.39, 0.29) is 5.91 Å². The Hall–Kier alpha value is -2.71. The molecule has 6 nitrogen and oxygen atoms in total. The molecule has 0 radical (unpaired) electrons. The van der Waals surface area contributed by atoms with Crippen molar-refractivity contribution in [2.75, 3.05) is 6.54 Å². The Kier molecular flexibility index (Phi) is 6.21. The summed E-state index contributed by atoms with van der Waals surface area (Å²) in [7, 11) is 0. The Morgan fingerprint density at radius 1 is 1.00 bits per heavy atom. The first-order chi connectivity index (χ1) is 14.2. The van der Waals surface area contributed by atoms with Crippen LogP contribution in [-0.2, 0) is 12.2 Å². The van der Waals surface area contributed by atoms with Crippen LogP contribution in [0.15, 0.2) is 76.2 Å². The fourth-order valence-corrected chi connectivity index (χ4v) is 3.84. The minimum absolute atomic E-state index is 0.0990. The number of rotatable bonds is 7. The first kappa shape index (κ1) is 19.6. The van der Waals surface area contributed by atoms with Gasteiger partial charge in [0.15, 0.2) is 11.5 Å². The molecule has 146 valence electrons. The number of aromatic nitrogens is 4. The van der Waals surface area contributed by atoms with Gasteiger partial charge in [-0.15, -0.1) is 10.2 Å². The van der Waals surface area contributed by atoms with Gasteiger partial charge in [-0.25, -0.2) is 0 Å². The van der Waals surface area contributed by atoms with E-state index in [9.17, 15) is 4.79 Å². The molecule has 1 amide bonds. The second-order valence-corrected chi connectivity index (χ2v) is 8.26. The minimum atomic E-state index is -0.0990. The van der Waals surface area contributed by atoms with Crippen molar-refractivity contribution >= 4 is 39.2 Å². The molecule has 0 spiro atoms. The van der Waals surface area contributed by atoms with Gasteiger partial charge in [-0.2, -0.15) is 9.61 Å². The highest BCUT2D eigenvalue weighted by molar-refractivity contribution is 9.10. The second kappa shape index (κ2) is 9.19. The molecule has 0 bridgehead atoms. The lowest BCUT2D eigenvalue weighted by atomic mass is 10.2. The maximum atomic E-state index is 12.2. The molecule has 1 N–H and O–H groups in total. The van der Waals surface area contributed by atoms with E-state index in [0.717, 1.165) is 21.1 Å². The van der Waals surface area contributed by atoms with E-state index in [2.05, 4.69) is 48.7 Å². The quantitative estimate of drug-likeness (QED) is 0.413. The average molecular weight is 468 g/mol.